The minimum absolute atomic E-state index is 0.234. The number of rotatable bonds is 4. The van der Waals surface area contributed by atoms with Crippen molar-refractivity contribution in [2.45, 2.75) is 23.8 Å². The van der Waals surface area contributed by atoms with Crippen LogP contribution in [-0.4, -0.2) is 42.8 Å². The fourth-order valence-corrected chi connectivity index (χ4v) is 4.22. The van der Waals surface area contributed by atoms with Gasteiger partial charge in [-0.1, -0.05) is 0 Å². The molecule has 1 amide bonds. The Balaban J connectivity index is 1.50. The average Bonchev–Trinajstić information content (AvgIpc) is 3.08. The highest BCUT2D eigenvalue weighted by Crippen LogP contribution is 2.37. The first-order valence-electron chi connectivity index (χ1n) is 7.47. The van der Waals surface area contributed by atoms with Gasteiger partial charge in [-0.2, -0.15) is 0 Å². The molecule has 2 aliphatic rings. The van der Waals surface area contributed by atoms with Crippen molar-refractivity contribution in [2.24, 2.45) is 17.6 Å². The highest BCUT2D eigenvalue weighted by atomic mass is 32.2. The lowest BCUT2D eigenvalue weighted by molar-refractivity contribution is -0.127. The minimum Gasteiger partial charge on any atom is -0.497 e. The Morgan fingerprint density at radius 2 is 2.10 bits per heavy atom. The number of hydrogen-bond acceptors (Lipinski definition) is 4. The predicted octanol–water partition coefficient (Wildman–Crippen LogP) is 1.98. The van der Waals surface area contributed by atoms with Crippen molar-refractivity contribution < 1.29 is 9.53 Å². The second-order valence-corrected chi connectivity index (χ2v) is 6.98. The van der Waals surface area contributed by atoms with Crippen LogP contribution in [-0.2, 0) is 4.79 Å². The maximum absolute atomic E-state index is 12.3. The van der Waals surface area contributed by atoms with E-state index in [1.807, 2.05) is 29.2 Å². The number of carbonyl (C=O) groups excluding carboxylic acids is 1. The molecule has 1 saturated carbocycles. The lowest BCUT2D eigenvalue weighted by atomic mass is 9.98. The molecule has 0 aromatic heterocycles. The molecular formula is C16H22N2O2S. The van der Waals surface area contributed by atoms with Gasteiger partial charge in [0, 0.05) is 24.0 Å². The number of hydrogen-bond donors (Lipinski definition) is 1. The van der Waals surface area contributed by atoms with Gasteiger partial charge in [0.2, 0.25) is 5.91 Å². The zero-order chi connectivity index (χ0) is 14.8. The van der Waals surface area contributed by atoms with E-state index in [0.717, 1.165) is 30.2 Å². The Morgan fingerprint density at radius 3 is 2.76 bits per heavy atom. The molecule has 0 bridgehead atoms. The second kappa shape index (κ2) is 6.28. The molecule has 1 aromatic rings. The third-order valence-corrected chi connectivity index (χ3v) is 5.68. The summed E-state index contributed by atoms with van der Waals surface area (Å²) in [5, 5.41) is 0. The van der Waals surface area contributed by atoms with Crippen LogP contribution in [0.2, 0.25) is 0 Å². The van der Waals surface area contributed by atoms with Crippen molar-refractivity contribution in [3.63, 3.8) is 0 Å². The molecule has 1 aromatic carbocycles. The van der Waals surface area contributed by atoms with E-state index >= 15 is 0 Å². The number of benzene rings is 1. The Kier molecular flexibility index (Phi) is 4.40. The van der Waals surface area contributed by atoms with Crippen LogP contribution in [0.5, 0.6) is 5.75 Å². The van der Waals surface area contributed by atoms with Gasteiger partial charge in [0.05, 0.1) is 12.9 Å². The molecule has 2 fully saturated rings. The SMILES string of the molecule is COc1ccc(SCC(=O)N2CC3CCC(N)C3C2)cc1. The number of fused-ring (bicyclic) bond motifs is 1. The smallest absolute Gasteiger partial charge is 0.232 e. The first-order chi connectivity index (χ1) is 10.2. The van der Waals surface area contributed by atoms with Crippen molar-refractivity contribution in [1.29, 1.82) is 0 Å². The van der Waals surface area contributed by atoms with Crippen LogP contribution in [0.15, 0.2) is 29.2 Å². The molecule has 3 rings (SSSR count). The normalized spacial score (nSPS) is 27.7. The summed E-state index contributed by atoms with van der Waals surface area (Å²) in [5.41, 5.74) is 6.12. The van der Waals surface area contributed by atoms with Crippen LogP contribution in [0.4, 0.5) is 0 Å². The highest BCUT2D eigenvalue weighted by Gasteiger charge is 2.42. The largest absolute Gasteiger partial charge is 0.497 e. The van der Waals surface area contributed by atoms with E-state index in [4.69, 9.17) is 10.5 Å². The van der Waals surface area contributed by atoms with Gasteiger partial charge in [-0.15, -0.1) is 11.8 Å². The fraction of sp³-hybridized carbons (Fsp3) is 0.562. The molecule has 1 heterocycles. The van der Waals surface area contributed by atoms with E-state index in [9.17, 15) is 4.79 Å². The topological polar surface area (TPSA) is 55.6 Å². The Morgan fingerprint density at radius 1 is 1.33 bits per heavy atom. The second-order valence-electron chi connectivity index (χ2n) is 5.93. The van der Waals surface area contributed by atoms with Gasteiger partial charge in [-0.3, -0.25) is 4.79 Å². The van der Waals surface area contributed by atoms with E-state index in [0.29, 0.717) is 23.6 Å². The van der Waals surface area contributed by atoms with Crippen LogP contribution in [0.3, 0.4) is 0 Å². The molecule has 1 aliphatic carbocycles. The predicted molar refractivity (Wildman–Crippen MR) is 84.5 cm³/mol. The molecule has 2 N–H and O–H groups in total. The van der Waals surface area contributed by atoms with Crippen LogP contribution in [0.1, 0.15) is 12.8 Å². The summed E-state index contributed by atoms with van der Waals surface area (Å²) in [7, 11) is 1.65. The summed E-state index contributed by atoms with van der Waals surface area (Å²) in [4.78, 5) is 15.4. The maximum atomic E-state index is 12.3. The Labute approximate surface area is 130 Å². The number of ether oxygens (including phenoxy) is 1. The van der Waals surface area contributed by atoms with Crippen molar-refractivity contribution in [3.05, 3.63) is 24.3 Å². The summed E-state index contributed by atoms with van der Waals surface area (Å²) in [6.07, 6.45) is 2.30. The molecule has 1 aliphatic heterocycles. The zero-order valence-electron chi connectivity index (χ0n) is 12.3. The van der Waals surface area contributed by atoms with Gasteiger partial charge >= 0.3 is 0 Å². The van der Waals surface area contributed by atoms with Crippen molar-refractivity contribution in [3.8, 4) is 5.75 Å². The molecule has 3 unspecified atom stereocenters. The fourth-order valence-electron chi connectivity index (χ4n) is 3.42. The van der Waals surface area contributed by atoms with E-state index in [2.05, 4.69) is 0 Å². The zero-order valence-corrected chi connectivity index (χ0v) is 13.1. The summed E-state index contributed by atoms with van der Waals surface area (Å²) >= 11 is 1.59. The van der Waals surface area contributed by atoms with E-state index < -0.39 is 0 Å². The lowest BCUT2D eigenvalue weighted by Gasteiger charge is -2.18. The quantitative estimate of drug-likeness (QED) is 0.864. The first kappa shape index (κ1) is 14.7. The van der Waals surface area contributed by atoms with Gasteiger partial charge in [0.25, 0.3) is 0 Å². The highest BCUT2D eigenvalue weighted by molar-refractivity contribution is 8.00. The first-order valence-corrected chi connectivity index (χ1v) is 8.46. The number of nitrogens with two attached hydrogens (primary N) is 1. The molecule has 1 saturated heterocycles. The van der Waals surface area contributed by atoms with Gasteiger partial charge in [0.1, 0.15) is 5.75 Å². The van der Waals surface area contributed by atoms with Crippen molar-refractivity contribution >= 4 is 17.7 Å². The van der Waals surface area contributed by atoms with Crippen LogP contribution < -0.4 is 10.5 Å². The van der Waals surface area contributed by atoms with Gasteiger partial charge in [0.15, 0.2) is 0 Å². The number of methoxy groups -OCH3 is 1. The molecular weight excluding hydrogens is 284 g/mol. The maximum Gasteiger partial charge on any atom is 0.232 e. The number of amides is 1. The molecule has 0 spiro atoms. The molecule has 21 heavy (non-hydrogen) atoms. The van der Waals surface area contributed by atoms with Crippen LogP contribution >= 0.6 is 11.8 Å². The standard InChI is InChI=1S/C16H22N2O2S/c1-20-12-3-5-13(6-4-12)21-10-16(19)18-8-11-2-7-15(17)14(11)9-18/h3-6,11,14-15H,2,7-10,17H2,1H3. The summed E-state index contributed by atoms with van der Waals surface area (Å²) in [5.74, 6) is 2.74. The van der Waals surface area contributed by atoms with Gasteiger partial charge in [-0.25, -0.2) is 0 Å². The summed E-state index contributed by atoms with van der Waals surface area (Å²) < 4.78 is 5.13. The summed E-state index contributed by atoms with van der Waals surface area (Å²) in [6.45, 7) is 1.76. The van der Waals surface area contributed by atoms with Crippen molar-refractivity contribution in [2.75, 3.05) is 26.0 Å². The van der Waals surface area contributed by atoms with Crippen LogP contribution in [0, 0.1) is 11.8 Å². The third kappa shape index (κ3) is 3.19. The molecule has 5 heteroatoms. The van der Waals surface area contributed by atoms with Gasteiger partial charge < -0.3 is 15.4 Å². The van der Waals surface area contributed by atoms with E-state index in [1.165, 1.54) is 6.42 Å². The molecule has 4 nitrogen and oxygen atoms in total. The lowest BCUT2D eigenvalue weighted by Crippen LogP contribution is -2.34. The number of likely N-dealkylation sites (tertiary alicyclic amines) is 1. The molecule has 114 valence electrons. The Hall–Kier alpha value is -1.20. The minimum atomic E-state index is 0.234. The summed E-state index contributed by atoms with van der Waals surface area (Å²) in [6, 6.07) is 8.12. The number of nitrogens with zero attached hydrogens (tertiary/aromatic N) is 1. The Bertz CT molecular complexity index is 506. The average molecular weight is 306 g/mol. The van der Waals surface area contributed by atoms with Crippen LogP contribution in [0.25, 0.3) is 0 Å². The molecule has 0 radical (unpaired) electrons. The van der Waals surface area contributed by atoms with E-state index in [-0.39, 0.29) is 5.91 Å². The third-order valence-electron chi connectivity index (χ3n) is 4.69. The molecule has 3 atom stereocenters. The number of carbonyl (C=O) groups is 1. The monoisotopic (exact) mass is 306 g/mol. The van der Waals surface area contributed by atoms with Gasteiger partial charge in [-0.05, 0) is 48.9 Å². The number of thioether (sulfide) groups is 1. The van der Waals surface area contributed by atoms with Crippen molar-refractivity contribution in [1.82, 2.24) is 4.90 Å². The van der Waals surface area contributed by atoms with E-state index in [1.54, 1.807) is 18.9 Å².